The number of rotatable bonds is 13. The average molecular weight is 1470 g/mol. The lowest BCUT2D eigenvalue weighted by Gasteiger charge is -1.99. The van der Waals surface area contributed by atoms with Gasteiger partial charge in [-0.05, 0) is 133 Å². The molecule has 0 amide bonds. The number of nitrogens with zero attached hydrogens (tertiary/aromatic N) is 8. The van der Waals surface area contributed by atoms with Gasteiger partial charge in [-0.1, -0.05) is 0 Å². The maximum atomic E-state index is 11.4. The molecule has 0 spiro atoms. The van der Waals surface area contributed by atoms with Crippen LogP contribution in [0.25, 0.3) is 113 Å². The molecular weight excluding hydrogens is 1420 g/mol. The molecule has 0 bridgehead atoms. The standard InChI is InChI=1S/2C15H10N2O6.C14H8N2O6.2C14H10N2O4/c2*1-22-15(19)9-4-2-8(3-5-9)14-16-10-6-11(17(20)21)12(18)7-13(10)23-14;17-11-6-12-9(5-10(11)16(20)21)15-13(22-12)7-1-3-8(4-2-7)14(18)19;2*15-9-5-10-12(6-11(9)17)20-13(16-10)7-1-3-8(4-2-7)14(18)19/h2*2-7,18H,1H3;1-6,17H,(H,18,19);2*1-6,17H,15H2,(H,18,19). The molecule has 0 fully saturated rings. The summed E-state index contributed by atoms with van der Waals surface area (Å²) in [6.45, 7) is 0. The van der Waals surface area contributed by atoms with E-state index in [-0.39, 0.29) is 90.5 Å². The molecule has 0 radical (unpaired) electrons. The number of fused-ring (bicyclic) bond motifs is 5. The van der Waals surface area contributed by atoms with Crippen molar-refractivity contribution >= 4 is 114 Å². The minimum Gasteiger partial charge on any atom is -0.506 e. The zero-order chi connectivity index (χ0) is 77.5. The van der Waals surface area contributed by atoms with Crippen LogP contribution < -0.4 is 11.5 Å². The van der Waals surface area contributed by atoms with E-state index in [0.717, 1.165) is 36.4 Å². The van der Waals surface area contributed by atoms with E-state index in [1.165, 1.54) is 87.0 Å². The number of phenols is 5. The van der Waals surface area contributed by atoms with Gasteiger partial charge in [-0.3, -0.25) is 30.3 Å². The summed E-state index contributed by atoms with van der Waals surface area (Å²) in [6.07, 6.45) is 0. The number of nitro groups is 3. The highest BCUT2D eigenvalue weighted by molar-refractivity contribution is 5.93. The van der Waals surface area contributed by atoms with Crippen LogP contribution in [0.2, 0.25) is 0 Å². The van der Waals surface area contributed by atoms with Crippen LogP contribution in [0.4, 0.5) is 28.4 Å². The number of hydrogen-bond donors (Lipinski definition) is 10. The Balaban J connectivity index is 0.000000134. The fraction of sp³-hybridized carbons (Fsp3) is 0.0278. The minimum atomic E-state index is -1.05. The van der Waals surface area contributed by atoms with Crippen molar-refractivity contribution < 1.29 is 111 Å². The van der Waals surface area contributed by atoms with Crippen molar-refractivity contribution in [2.75, 3.05) is 25.7 Å². The first-order chi connectivity index (χ1) is 51.5. The molecule has 0 atom stereocenters. The summed E-state index contributed by atoms with van der Waals surface area (Å²) in [6, 6.07) is 43.4. The molecule has 0 aliphatic heterocycles. The van der Waals surface area contributed by atoms with Gasteiger partial charge in [0.15, 0.2) is 45.2 Å². The van der Waals surface area contributed by atoms with Gasteiger partial charge in [0.25, 0.3) is 0 Å². The van der Waals surface area contributed by atoms with Crippen LogP contribution in [0.3, 0.4) is 0 Å². The summed E-state index contributed by atoms with van der Waals surface area (Å²) in [5.74, 6) is -4.32. The number of aromatic carboxylic acids is 3. The fourth-order valence-electron chi connectivity index (χ4n) is 9.87. The summed E-state index contributed by atoms with van der Waals surface area (Å²) >= 11 is 0. The normalized spacial score (nSPS) is 10.7. The SMILES string of the molecule is COC(=O)c1ccc(-c2nc3cc([N+](=O)[O-])c(O)cc3o2)cc1.COC(=O)c1ccc(-c2nc3cc([N+](=O)[O-])c(O)cc3o2)cc1.Nc1cc2nc(-c3ccc(C(=O)O)cc3)oc2cc1O.Nc1cc2nc(-c3ccc(C(=O)O)cc3)oc2cc1O.O=C(O)c1ccc(-c2nc3cc([N+](=O)[O-])c(O)cc3o2)cc1. The number of methoxy groups -OCH3 is 2. The first-order valence-corrected chi connectivity index (χ1v) is 30.5. The number of esters is 2. The van der Waals surface area contributed by atoms with Crippen LogP contribution in [-0.4, -0.2) is 125 Å². The molecule has 5 aromatic heterocycles. The molecule has 0 saturated carbocycles. The Bertz CT molecular complexity index is 5680. The number of nitrogen functional groups attached to an aromatic ring is 2. The lowest BCUT2D eigenvalue weighted by atomic mass is 10.1. The number of ether oxygens (including phenoxy) is 2. The van der Waals surface area contributed by atoms with Gasteiger partial charge in [-0.15, -0.1) is 0 Å². The second-order valence-corrected chi connectivity index (χ2v) is 22.3. The maximum absolute atomic E-state index is 11.4. The van der Waals surface area contributed by atoms with Gasteiger partial charge in [0.1, 0.15) is 39.1 Å². The van der Waals surface area contributed by atoms with E-state index in [2.05, 4.69) is 34.4 Å². The zero-order valence-corrected chi connectivity index (χ0v) is 55.0. The molecule has 15 rings (SSSR count). The quantitative estimate of drug-likeness (QED) is 0.0168. The Morgan fingerprint density at radius 1 is 0.324 bits per heavy atom. The van der Waals surface area contributed by atoms with Gasteiger partial charge < -0.3 is 83.9 Å². The van der Waals surface area contributed by atoms with E-state index >= 15 is 0 Å². The number of hydrogen-bond acceptors (Lipinski definition) is 30. The summed E-state index contributed by atoms with van der Waals surface area (Å²) in [5.41, 5.74) is 17.7. The third-order valence-corrected chi connectivity index (χ3v) is 15.4. The third-order valence-electron chi connectivity index (χ3n) is 15.4. The molecule has 15 aromatic rings. The number of nitrogens with two attached hydrogens (primary N) is 2. The molecule has 108 heavy (non-hydrogen) atoms. The fourth-order valence-corrected chi connectivity index (χ4v) is 9.87. The summed E-state index contributed by atoms with van der Waals surface area (Å²) in [5, 5.41) is 107. The highest BCUT2D eigenvalue weighted by Crippen LogP contribution is 2.38. The molecule has 0 saturated heterocycles. The molecule has 10 aromatic carbocycles. The summed E-state index contributed by atoms with van der Waals surface area (Å²) < 4.78 is 36.7. The monoisotopic (exact) mass is 1470 g/mol. The number of anilines is 2. The molecule has 36 nitrogen and oxygen atoms in total. The van der Waals surface area contributed by atoms with Gasteiger partial charge in [0.05, 0.1) is 68.2 Å². The molecular formula is C72H48N10O26. The van der Waals surface area contributed by atoms with Crippen molar-refractivity contribution in [3.8, 4) is 86.0 Å². The van der Waals surface area contributed by atoms with Crippen LogP contribution in [-0.2, 0) is 9.47 Å². The Morgan fingerprint density at radius 3 is 0.713 bits per heavy atom. The zero-order valence-electron chi connectivity index (χ0n) is 55.0. The number of oxazole rings is 5. The van der Waals surface area contributed by atoms with E-state index in [0.29, 0.717) is 72.9 Å². The molecule has 0 unspecified atom stereocenters. The number of phenolic OH excluding ortho intramolecular Hbond substituents is 5. The first-order valence-electron chi connectivity index (χ1n) is 30.5. The van der Waals surface area contributed by atoms with E-state index in [4.69, 9.17) is 48.9 Å². The van der Waals surface area contributed by atoms with E-state index in [1.54, 1.807) is 72.8 Å². The second-order valence-electron chi connectivity index (χ2n) is 22.3. The number of benzene rings is 10. The van der Waals surface area contributed by atoms with Crippen molar-refractivity contribution in [2.45, 2.75) is 0 Å². The van der Waals surface area contributed by atoms with Crippen molar-refractivity contribution in [3.63, 3.8) is 0 Å². The van der Waals surface area contributed by atoms with Gasteiger partial charge in [0, 0.05) is 76.3 Å². The lowest BCUT2D eigenvalue weighted by Crippen LogP contribution is -2.00. The number of aromatic hydroxyl groups is 5. The van der Waals surface area contributed by atoms with E-state index in [1.807, 2.05) is 0 Å². The topological polar surface area (TPSA) is 577 Å². The average Bonchev–Trinajstić information content (AvgIpc) is 1.67. The van der Waals surface area contributed by atoms with E-state index in [9.17, 15) is 79.8 Å². The smallest absolute Gasteiger partial charge is 0.337 e. The molecule has 5 heterocycles. The number of carboxylic acids is 3. The van der Waals surface area contributed by atoms with Crippen molar-refractivity contribution in [1.82, 2.24) is 24.9 Å². The van der Waals surface area contributed by atoms with Crippen LogP contribution in [0.15, 0.2) is 204 Å². The van der Waals surface area contributed by atoms with Crippen LogP contribution >= 0.6 is 0 Å². The Kier molecular flexibility index (Phi) is 20.6. The van der Waals surface area contributed by atoms with Crippen molar-refractivity contribution in [1.29, 1.82) is 0 Å². The predicted octanol–water partition coefficient (Wildman–Crippen LogP) is 13.6. The molecule has 542 valence electrons. The van der Waals surface area contributed by atoms with Crippen LogP contribution in [0.5, 0.6) is 28.7 Å². The highest BCUT2D eigenvalue weighted by Gasteiger charge is 2.23. The van der Waals surface area contributed by atoms with Gasteiger partial charge in [0.2, 0.25) is 29.5 Å². The number of carbonyl (C=O) groups excluding carboxylic acids is 2. The largest absolute Gasteiger partial charge is 0.506 e. The number of aromatic nitrogens is 5. The summed E-state index contributed by atoms with van der Waals surface area (Å²) in [7, 11) is 2.58. The highest BCUT2D eigenvalue weighted by atomic mass is 16.6. The van der Waals surface area contributed by atoms with Crippen molar-refractivity contribution in [3.05, 3.63) is 240 Å². The van der Waals surface area contributed by atoms with Gasteiger partial charge in [-0.2, -0.15) is 0 Å². The van der Waals surface area contributed by atoms with Crippen LogP contribution in [0.1, 0.15) is 51.8 Å². The van der Waals surface area contributed by atoms with Crippen molar-refractivity contribution in [2.24, 2.45) is 0 Å². The molecule has 36 heteroatoms. The second kappa shape index (κ2) is 30.5. The third kappa shape index (κ3) is 16.0. The molecule has 0 aliphatic rings. The first kappa shape index (κ1) is 72.9. The Morgan fingerprint density at radius 2 is 0.519 bits per heavy atom. The summed E-state index contributed by atoms with van der Waals surface area (Å²) in [4.78, 5) is 106. The van der Waals surface area contributed by atoms with Gasteiger partial charge >= 0.3 is 46.9 Å². The number of nitro benzene ring substituents is 3. The maximum Gasteiger partial charge on any atom is 0.337 e. The van der Waals surface area contributed by atoms with E-state index < -0.39 is 78.9 Å². The number of carboxylic acid groups (broad SMARTS) is 3. The Labute approximate surface area is 599 Å². The number of carbonyl (C=O) groups is 5. The minimum absolute atomic E-state index is 0.0681. The molecule has 12 N–H and O–H groups in total. The van der Waals surface area contributed by atoms with Gasteiger partial charge in [-0.25, -0.2) is 48.9 Å². The predicted molar refractivity (Wildman–Crippen MR) is 378 cm³/mol. The Hall–Kier alpha value is -16.3. The molecule has 0 aliphatic carbocycles. The lowest BCUT2D eigenvalue weighted by molar-refractivity contribution is -0.385. The van der Waals surface area contributed by atoms with Crippen LogP contribution in [0, 0.1) is 30.3 Å².